The van der Waals surface area contributed by atoms with Crippen molar-refractivity contribution in [3.8, 4) is 0 Å². The third-order valence-electron chi connectivity index (χ3n) is 5.48. The van der Waals surface area contributed by atoms with Crippen molar-refractivity contribution >= 4 is 21.9 Å². The molecule has 1 amide bonds. The van der Waals surface area contributed by atoms with Gasteiger partial charge in [-0.2, -0.15) is 0 Å². The number of nitrogens with one attached hydrogen (secondary N) is 2. The summed E-state index contributed by atoms with van der Waals surface area (Å²) >= 11 is 0. The Labute approximate surface area is 189 Å². The molecule has 1 aliphatic rings. The lowest BCUT2D eigenvalue weighted by Crippen LogP contribution is -2.32. The number of carbonyl (C=O) groups is 2. The Bertz CT molecular complexity index is 1030. The van der Waals surface area contributed by atoms with Crippen molar-refractivity contribution in [2.45, 2.75) is 56.4 Å². The lowest BCUT2D eigenvalue weighted by atomic mass is 10.1. The molecular weight excluding hydrogens is 428 g/mol. The van der Waals surface area contributed by atoms with E-state index in [2.05, 4.69) is 10.0 Å². The topological polar surface area (TPSA) is 102 Å². The van der Waals surface area contributed by atoms with Gasteiger partial charge in [0, 0.05) is 12.5 Å². The van der Waals surface area contributed by atoms with Crippen LogP contribution < -0.4 is 10.0 Å². The highest BCUT2D eigenvalue weighted by molar-refractivity contribution is 7.89. The minimum atomic E-state index is -3.68. The average molecular weight is 459 g/mol. The quantitative estimate of drug-likeness (QED) is 0.421. The molecule has 1 saturated carbocycles. The molecule has 0 radical (unpaired) electrons. The Morgan fingerprint density at radius 1 is 1.06 bits per heavy atom. The van der Waals surface area contributed by atoms with E-state index >= 15 is 0 Å². The molecule has 0 aliphatic heterocycles. The fourth-order valence-electron chi connectivity index (χ4n) is 3.64. The largest absolute Gasteiger partial charge is 0.460 e. The van der Waals surface area contributed by atoms with E-state index in [4.69, 9.17) is 4.74 Å². The number of amides is 1. The minimum absolute atomic E-state index is 0.00636. The average Bonchev–Trinajstić information content (AvgIpc) is 3.28. The summed E-state index contributed by atoms with van der Waals surface area (Å²) in [4.78, 5) is 24.3. The second-order valence-electron chi connectivity index (χ2n) is 8.10. The van der Waals surface area contributed by atoms with Crippen molar-refractivity contribution in [3.63, 3.8) is 0 Å². The van der Waals surface area contributed by atoms with E-state index in [-0.39, 0.29) is 35.6 Å². The number of benzene rings is 2. The molecule has 0 saturated heterocycles. The molecule has 0 heterocycles. The highest BCUT2D eigenvalue weighted by atomic mass is 32.2. The van der Waals surface area contributed by atoms with E-state index in [9.17, 15) is 18.0 Å². The Morgan fingerprint density at radius 3 is 2.50 bits per heavy atom. The van der Waals surface area contributed by atoms with Crippen LogP contribution in [0.15, 0.2) is 53.4 Å². The molecule has 8 heteroatoms. The first-order chi connectivity index (χ1) is 15.3. The molecule has 3 rings (SSSR count). The summed E-state index contributed by atoms with van der Waals surface area (Å²) < 4.78 is 33.0. The lowest BCUT2D eigenvalue weighted by molar-refractivity contribution is -0.121. The second kappa shape index (κ2) is 11.2. The zero-order chi connectivity index (χ0) is 23.0. The van der Waals surface area contributed by atoms with Crippen LogP contribution in [0.2, 0.25) is 0 Å². The predicted octanol–water partition coefficient (Wildman–Crippen LogP) is 3.12. The van der Waals surface area contributed by atoms with Crippen molar-refractivity contribution < 1.29 is 22.7 Å². The van der Waals surface area contributed by atoms with Gasteiger partial charge in [-0.25, -0.2) is 17.9 Å². The zero-order valence-electron chi connectivity index (χ0n) is 18.3. The summed E-state index contributed by atoms with van der Waals surface area (Å²) in [6.45, 7) is 2.21. The maximum Gasteiger partial charge on any atom is 0.338 e. The number of rotatable bonds is 10. The van der Waals surface area contributed by atoms with E-state index in [0.29, 0.717) is 12.8 Å². The van der Waals surface area contributed by atoms with Crippen LogP contribution in [0.4, 0.5) is 0 Å². The van der Waals surface area contributed by atoms with Crippen LogP contribution in [0.3, 0.4) is 0 Å². The Kier molecular flexibility index (Phi) is 8.41. The van der Waals surface area contributed by atoms with Crippen LogP contribution in [0.25, 0.3) is 0 Å². The number of esters is 1. The number of ether oxygens (including phenoxy) is 1. The van der Waals surface area contributed by atoms with Crippen LogP contribution >= 0.6 is 0 Å². The molecule has 0 spiro atoms. The summed E-state index contributed by atoms with van der Waals surface area (Å²) in [5.74, 6) is -0.746. The first-order valence-corrected chi connectivity index (χ1v) is 12.4. The maximum absolute atomic E-state index is 12.6. The normalized spacial score (nSPS) is 14.3. The number of aryl methyl sites for hydroxylation is 2. The summed E-state index contributed by atoms with van der Waals surface area (Å²) in [5.41, 5.74) is 2.42. The number of carbonyl (C=O) groups excluding carboxylic acids is 2. The molecule has 2 aromatic rings. The van der Waals surface area contributed by atoms with E-state index in [1.807, 2.05) is 31.2 Å². The summed E-state index contributed by atoms with van der Waals surface area (Å²) in [5, 5.41) is 2.73. The van der Waals surface area contributed by atoms with E-state index in [0.717, 1.165) is 31.2 Å². The van der Waals surface area contributed by atoms with Crippen molar-refractivity contribution in [1.82, 2.24) is 10.0 Å². The summed E-state index contributed by atoms with van der Waals surface area (Å²) in [6, 6.07) is 13.8. The van der Waals surface area contributed by atoms with E-state index < -0.39 is 16.0 Å². The molecule has 2 aromatic carbocycles. The SMILES string of the molecule is Cc1ccc(CCC(=O)NCCOC(=O)c2cccc(S(=O)(=O)NC3CCCC3)c2)cc1. The van der Waals surface area contributed by atoms with Crippen LogP contribution in [0.1, 0.15) is 53.6 Å². The van der Waals surface area contributed by atoms with E-state index in [1.165, 1.54) is 29.8 Å². The molecule has 0 aromatic heterocycles. The lowest BCUT2D eigenvalue weighted by Gasteiger charge is -2.13. The van der Waals surface area contributed by atoms with Crippen LogP contribution in [0.5, 0.6) is 0 Å². The summed E-state index contributed by atoms with van der Waals surface area (Å²) in [7, 11) is -3.68. The fourth-order valence-corrected chi connectivity index (χ4v) is 4.99. The highest BCUT2D eigenvalue weighted by Gasteiger charge is 2.23. The fraction of sp³-hybridized carbons (Fsp3) is 0.417. The molecule has 0 bridgehead atoms. The van der Waals surface area contributed by atoms with Gasteiger partial charge < -0.3 is 10.1 Å². The van der Waals surface area contributed by atoms with Gasteiger partial charge in [-0.05, 0) is 49.9 Å². The van der Waals surface area contributed by atoms with Gasteiger partial charge in [0.05, 0.1) is 17.0 Å². The van der Waals surface area contributed by atoms with Gasteiger partial charge in [0.1, 0.15) is 6.61 Å². The monoisotopic (exact) mass is 458 g/mol. The molecule has 2 N–H and O–H groups in total. The molecule has 0 atom stereocenters. The third kappa shape index (κ3) is 7.17. The van der Waals surface area contributed by atoms with Gasteiger partial charge >= 0.3 is 5.97 Å². The van der Waals surface area contributed by atoms with Crippen molar-refractivity contribution in [1.29, 1.82) is 0 Å². The molecular formula is C24H30N2O5S. The zero-order valence-corrected chi connectivity index (χ0v) is 19.1. The Hall–Kier alpha value is -2.71. The van der Waals surface area contributed by atoms with Crippen molar-refractivity contribution in [3.05, 3.63) is 65.2 Å². The van der Waals surface area contributed by atoms with Gasteiger partial charge in [0.15, 0.2) is 0 Å². The van der Waals surface area contributed by atoms with Crippen LogP contribution in [-0.2, 0) is 26.0 Å². The number of sulfonamides is 1. The Morgan fingerprint density at radius 2 is 1.78 bits per heavy atom. The predicted molar refractivity (Wildman–Crippen MR) is 122 cm³/mol. The molecule has 0 unspecified atom stereocenters. The van der Waals surface area contributed by atoms with Crippen molar-refractivity contribution in [2.75, 3.05) is 13.2 Å². The maximum atomic E-state index is 12.6. The van der Waals surface area contributed by atoms with Crippen molar-refractivity contribution in [2.24, 2.45) is 0 Å². The second-order valence-corrected chi connectivity index (χ2v) is 9.82. The van der Waals surface area contributed by atoms with Crippen LogP contribution in [-0.4, -0.2) is 39.5 Å². The van der Waals surface area contributed by atoms with E-state index in [1.54, 1.807) is 0 Å². The van der Waals surface area contributed by atoms with Gasteiger partial charge in [0.2, 0.25) is 15.9 Å². The van der Waals surface area contributed by atoms with Gasteiger partial charge in [-0.15, -0.1) is 0 Å². The summed E-state index contributed by atoms with van der Waals surface area (Å²) in [6.07, 6.45) is 4.69. The highest BCUT2D eigenvalue weighted by Crippen LogP contribution is 2.21. The van der Waals surface area contributed by atoms with Gasteiger partial charge in [-0.3, -0.25) is 4.79 Å². The Balaban J connectivity index is 1.42. The van der Waals surface area contributed by atoms with Crippen LogP contribution in [0, 0.1) is 6.92 Å². The smallest absolute Gasteiger partial charge is 0.338 e. The number of hydrogen-bond acceptors (Lipinski definition) is 5. The molecule has 1 aliphatic carbocycles. The molecule has 32 heavy (non-hydrogen) atoms. The van der Waals surface area contributed by atoms with Gasteiger partial charge in [0.25, 0.3) is 0 Å². The standard InChI is InChI=1S/C24H30N2O5S/c1-18-9-11-19(12-10-18)13-14-23(27)25-15-16-31-24(28)20-5-4-8-22(17-20)32(29,30)26-21-6-2-3-7-21/h4-5,8-12,17,21,26H,2-3,6-7,13-16H2,1H3,(H,25,27). The van der Waals surface area contributed by atoms with Gasteiger partial charge in [-0.1, -0.05) is 48.7 Å². The molecule has 7 nitrogen and oxygen atoms in total. The first kappa shape index (κ1) is 23.9. The minimum Gasteiger partial charge on any atom is -0.460 e. The number of hydrogen-bond donors (Lipinski definition) is 2. The molecule has 1 fully saturated rings. The third-order valence-corrected chi connectivity index (χ3v) is 6.99. The molecule has 172 valence electrons. The first-order valence-electron chi connectivity index (χ1n) is 11.0.